The van der Waals surface area contributed by atoms with Crippen LogP contribution in [-0.4, -0.2) is 32.6 Å². The Morgan fingerprint density at radius 1 is 1.26 bits per heavy atom. The van der Waals surface area contributed by atoms with E-state index in [1.54, 1.807) is 23.0 Å². The van der Waals surface area contributed by atoms with Gasteiger partial charge in [0.05, 0.1) is 22.0 Å². The highest BCUT2D eigenvalue weighted by Gasteiger charge is 2.20. The summed E-state index contributed by atoms with van der Waals surface area (Å²) < 4.78 is 13.0. The number of thiazole rings is 2. The molecule has 2 aromatic carbocycles. The number of hydrogen-bond acceptors (Lipinski definition) is 6. The molecule has 0 bridgehead atoms. The van der Waals surface area contributed by atoms with Crippen LogP contribution in [0.5, 0.6) is 0 Å². The second-order valence-corrected chi connectivity index (χ2v) is 9.89. The van der Waals surface area contributed by atoms with Gasteiger partial charge in [0.1, 0.15) is 17.6 Å². The highest BCUT2D eigenvalue weighted by molar-refractivity contribution is 7.90. The van der Waals surface area contributed by atoms with Gasteiger partial charge >= 0.3 is 6.03 Å². The van der Waals surface area contributed by atoms with E-state index in [9.17, 15) is 9.35 Å². The fourth-order valence-electron chi connectivity index (χ4n) is 3.17. The van der Waals surface area contributed by atoms with Crippen LogP contribution in [0, 0.1) is 12.3 Å². The highest BCUT2D eigenvalue weighted by Crippen LogP contribution is 2.31. The molecule has 0 saturated carbocycles. The molecule has 0 aliphatic rings. The average molecular weight is 467 g/mol. The predicted octanol–water partition coefficient (Wildman–Crippen LogP) is 4.64. The molecule has 0 saturated heterocycles. The number of nitrogens with one attached hydrogen (secondary N) is 2. The number of carbonyl (C=O) groups is 1. The Labute approximate surface area is 190 Å². The standard InChI is InChI=1S/C22H18N4O2S3/c1-3-20-25-19(11-29-20)26-22(27)24-18(12-31(2)28)15-9-7-14(8-10-15)16-5-4-6-17-21(16)30-13-23-17/h1,4-11,13,18H,12H2,2H3,(H2,24,26,27). The lowest BCUT2D eigenvalue weighted by molar-refractivity contribution is 0.249. The van der Waals surface area contributed by atoms with Crippen LogP contribution in [0.2, 0.25) is 0 Å². The third kappa shape index (κ3) is 5.06. The molecule has 2 atom stereocenters. The van der Waals surface area contributed by atoms with Crippen LogP contribution in [0.1, 0.15) is 16.6 Å². The first-order valence-corrected chi connectivity index (χ1v) is 12.7. The van der Waals surface area contributed by atoms with E-state index >= 15 is 0 Å². The molecule has 2 aromatic heterocycles. The summed E-state index contributed by atoms with van der Waals surface area (Å²) >= 11 is 1.78. The van der Waals surface area contributed by atoms with Gasteiger partial charge in [-0.1, -0.05) is 47.6 Å². The highest BCUT2D eigenvalue weighted by atomic mass is 32.2. The Morgan fingerprint density at radius 3 is 2.77 bits per heavy atom. The molecule has 0 radical (unpaired) electrons. The summed E-state index contributed by atoms with van der Waals surface area (Å²) in [7, 11) is 0. The molecule has 2 heterocycles. The van der Waals surface area contributed by atoms with Gasteiger partial charge in [-0.2, -0.15) is 0 Å². The number of hydrogen-bond donors (Lipinski definition) is 2. The Hall–Kier alpha value is -2.90. The fraction of sp³-hybridized carbons (Fsp3) is 0.136. The number of aromatic nitrogens is 2. The van der Waals surface area contributed by atoms with Crippen LogP contribution in [0.4, 0.5) is 10.6 Å². The topological polar surface area (TPSA) is 90.0 Å². The molecule has 2 N–H and O–H groups in total. The smallest absolute Gasteiger partial charge is 0.321 e. The molecular formula is C22H18N4O2S3. The van der Waals surface area contributed by atoms with Gasteiger partial charge in [-0.15, -0.1) is 29.1 Å². The minimum Gasteiger partial charge on any atom is -0.616 e. The lowest BCUT2D eigenvalue weighted by Crippen LogP contribution is -2.36. The molecule has 4 rings (SSSR count). The molecule has 156 valence electrons. The van der Waals surface area contributed by atoms with Crippen molar-refractivity contribution in [1.82, 2.24) is 15.3 Å². The minimum absolute atomic E-state index is 0.296. The predicted molar refractivity (Wildman–Crippen MR) is 129 cm³/mol. The summed E-state index contributed by atoms with van der Waals surface area (Å²) in [5.74, 6) is 3.12. The zero-order valence-electron chi connectivity index (χ0n) is 16.5. The molecule has 0 fully saturated rings. The van der Waals surface area contributed by atoms with Crippen molar-refractivity contribution in [3.05, 3.63) is 63.9 Å². The first kappa shape index (κ1) is 21.3. The number of anilines is 1. The van der Waals surface area contributed by atoms with Crippen LogP contribution >= 0.6 is 22.7 Å². The van der Waals surface area contributed by atoms with Crippen molar-refractivity contribution in [2.45, 2.75) is 6.04 Å². The Bertz CT molecular complexity index is 1240. The lowest BCUT2D eigenvalue weighted by atomic mass is 10.0. The molecule has 9 heteroatoms. The van der Waals surface area contributed by atoms with Gasteiger partial charge in [0.2, 0.25) is 0 Å². The zero-order chi connectivity index (χ0) is 21.8. The van der Waals surface area contributed by atoms with E-state index < -0.39 is 23.2 Å². The molecule has 0 aliphatic heterocycles. The minimum atomic E-state index is -1.10. The third-order valence-corrected chi connectivity index (χ3v) is 7.01. The van der Waals surface area contributed by atoms with Crippen molar-refractivity contribution in [3.63, 3.8) is 0 Å². The lowest BCUT2D eigenvalue weighted by Gasteiger charge is -2.20. The molecule has 4 aromatic rings. The van der Waals surface area contributed by atoms with E-state index in [1.165, 1.54) is 11.3 Å². The summed E-state index contributed by atoms with van der Waals surface area (Å²) in [6.45, 7) is 0. The number of carbonyl (C=O) groups excluding carboxylic acids is 1. The first-order valence-electron chi connectivity index (χ1n) is 9.25. The summed E-state index contributed by atoms with van der Waals surface area (Å²) in [4.78, 5) is 21.0. The van der Waals surface area contributed by atoms with Gasteiger partial charge in [0.15, 0.2) is 5.01 Å². The molecule has 2 amide bonds. The molecule has 6 nitrogen and oxygen atoms in total. The maximum absolute atomic E-state index is 12.5. The number of benzene rings is 2. The van der Waals surface area contributed by atoms with Gasteiger partial charge in [0, 0.05) is 10.9 Å². The molecule has 0 aliphatic carbocycles. The number of amides is 2. The monoisotopic (exact) mass is 466 g/mol. The van der Waals surface area contributed by atoms with E-state index in [0.29, 0.717) is 16.6 Å². The largest absolute Gasteiger partial charge is 0.616 e. The van der Waals surface area contributed by atoms with E-state index in [1.807, 2.05) is 41.9 Å². The summed E-state index contributed by atoms with van der Waals surface area (Å²) in [6, 6.07) is 13.1. The van der Waals surface area contributed by atoms with Crippen molar-refractivity contribution in [2.75, 3.05) is 17.3 Å². The van der Waals surface area contributed by atoms with E-state index in [0.717, 1.165) is 26.9 Å². The molecule has 31 heavy (non-hydrogen) atoms. The van der Waals surface area contributed by atoms with E-state index in [2.05, 4.69) is 32.6 Å². The van der Waals surface area contributed by atoms with Crippen LogP contribution in [0.3, 0.4) is 0 Å². The number of fused-ring (bicyclic) bond motifs is 1. The van der Waals surface area contributed by atoms with E-state index in [4.69, 9.17) is 6.42 Å². The quantitative estimate of drug-likeness (QED) is 0.320. The van der Waals surface area contributed by atoms with Gasteiger partial charge in [-0.3, -0.25) is 5.32 Å². The van der Waals surface area contributed by atoms with Crippen molar-refractivity contribution in [2.24, 2.45) is 0 Å². The van der Waals surface area contributed by atoms with E-state index in [-0.39, 0.29) is 0 Å². The first-order chi connectivity index (χ1) is 15.0. The molecule has 2 unspecified atom stereocenters. The SMILES string of the molecule is C#Cc1nc(NC(=O)NC(C[S+](C)[O-])c2ccc(-c3cccc4ncsc34)cc2)cs1. The Balaban J connectivity index is 1.53. The van der Waals surface area contributed by atoms with Crippen LogP contribution < -0.4 is 10.6 Å². The number of terminal acetylenes is 1. The van der Waals surface area contributed by atoms with Gasteiger partial charge < -0.3 is 9.87 Å². The second-order valence-electron chi connectivity index (χ2n) is 6.70. The zero-order valence-corrected chi connectivity index (χ0v) is 18.9. The Kier molecular flexibility index (Phi) is 6.53. The van der Waals surface area contributed by atoms with Gasteiger partial charge in [0.25, 0.3) is 0 Å². The summed E-state index contributed by atoms with van der Waals surface area (Å²) in [5, 5.41) is 7.73. The third-order valence-electron chi connectivity index (χ3n) is 4.56. The van der Waals surface area contributed by atoms with Crippen LogP contribution in [0.25, 0.3) is 21.3 Å². The van der Waals surface area contributed by atoms with Crippen LogP contribution in [0.15, 0.2) is 53.4 Å². The van der Waals surface area contributed by atoms with Gasteiger partial charge in [-0.05, 0) is 23.1 Å². The average Bonchev–Trinajstić information content (AvgIpc) is 3.42. The van der Waals surface area contributed by atoms with Crippen molar-refractivity contribution >= 4 is 55.9 Å². The Morgan fingerprint density at radius 2 is 2.06 bits per heavy atom. The summed E-state index contributed by atoms with van der Waals surface area (Å²) in [6.07, 6.45) is 6.93. The molecule has 0 spiro atoms. The van der Waals surface area contributed by atoms with Crippen molar-refractivity contribution in [1.29, 1.82) is 0 Å². The number of rotatable bonds is 6. The van der Waals surface area contributed by atoms with Crippen molar-refractivity contribution in [3.8, 4) is 23.5 Å². The van der Waals surface area contributed by atoms with Gasteiger partial charge in [-0.25, -0.2) is 14.8 Å². The normalized spacial score (nSPS) is 12.8. The second kappa shape index (κ2) is 9.49. The summed E-state index contributed by atoms with van der Waals surface area (Å²) in [5.41, 5.74) is 5.85. The number of urea groups is 1. The number of nitrogens with zero attached hydrogens (tertiary/aromatic N) is 2. The van der Waals surface area contributed by atoms with Crippen LogP contribution in [-0.2, 0) is 11.2 Å². The maximum atomic E-state index is 12.5. The maximum Gasteiger partial charge on any atom is 0.321 e. The van der Waals surface area contributed by atoms with Crippen molar-refractivity contribution < 1.29 is 9.35 Å². The molecular weight excluding hydrogens is 448 g/mol. The fourth-order valence-corrected chi connectivity index (χ4v) is 5.30.